The van der Waals surface area contributed by atoms with Gasteiger partial charge >= 0.3 is 0 Å². The van der Waals surface area contributed by atoms with Crippen molar-refractivity contribution < 1.29 is 5.11 Å². The second-order valence-electron chi connectivity index (χ2n) is 2.20. The first-order valence-corrected chi connectivity index (χ1v) is 3.61. The SMILES string of the molecule is CCC1CCCN1.CO. The summed E-state index contributed by atoms with van der Waals surface area (Å²) in [5.41, 5.74) is 0. The van der Waals surface area contributed by atoms with E-state index in [0.717, 1.165) is 13.2 Å². The van der Waals surface area contributed by atoms with Crippen molar-refractivity contribution in [1.82, 2.24) is 5.32 Å². The molecule has 0 radical (unpaired) electrons. The molecule has 0 aliphatic carbocycles. The van der Waals surface area contributed by atoms with Gasteiger partial charge in [-0.3, -0.25) is 0 Å². The van der Waals surface area contributed by atoms with Crippen LogP contribution in [0.4, 0.5) is 0 Å². The Balaban J connectivity index is 0.000000291. The Hall–Kier alpha value is -0.0800. The van der Waals surface area contributed by atoms with Crippen LogP contribution in [0.5, 0.6) is 0 Å². The molecule has 0 bridgehead atoms. The third kappa shape index (κ3) is 3.49. The van der Waals surface area contributed by atoms with E-state index in [1.807, 2.05) is 0 Å². The van der Waals surface area contributed by atoms with E-state index in [1.54, 1.807) is 0 Å². The van der Waals surface area contributed by atoms with E-state index in [-0.39, 0.29) is 0 Å². The average molecular weight is 131 g/mol. The molecule has 1 atom stereocenters. The van der Waals surface area contributed by atoms with Gasteiger partial charge in [-0.1, -0.05) is 6.92 Å². The molecule has 1 unspecified atom stereocenters. The quantitative estimate of drug-likeness (QED) is 0.550. The van der Waals surface area contributed by atoms with Crippen molar-refractivity contribution in [1.29, 1.82) is 0 Å². The first-order valence-electron chi connectivity index (χ1n) is 3.61. The molecule has 1 aliphatic heterocycles. The van der Waals surface area contributed by atoms with E-state index < -0.39 is 0 Å². The summed E-state index contributed by atoms with van der Waals surface area (Å²) in [6.07, 6.45) is 4.09. The van der Waals surface area contributed by atoms with E-state index in [1.165, 1.54) is 25.8 Å². The second-order valence-corrected chi connectivity index (χ2v) is 2.20. The number of aliphatic hydroxyl groups is 1. The van der Waals surface area contributed by atoms with Gasteiger partial charge in [0.2, 0.25) is 0 Å². The summed E-state index contributed by atoms with van der Waals surface area (Å²) in [5.74, 6) is 0. The molecule has 0 aromatic heterocycles. The highest BCUT2D eigenvalue weighted by molar-refractivity contribution is 4.71. The maximum absolute atomic E-state index is 7.00. The molecule has 0 aromatic rings. The van der Waals surface area contributed by atoms with E-state index >= 15 is 0 Å². The zero-order chi connectivity index (χ0) is 7.11. The van der Waals surface area contributed by atoms with Crippen molar-refractivity contribution in [2.45, 2.75) is 32.2 Å². The summed E-state index contributed by atoms with van der Waals surface area (Å²) < 4.78 is 0. The summed E-state index contributed by atoms with van der Waals surface area (Å²) in [6.45, 7) is 3.49. The molecule has 56 valence electrons. The highest BCUT2D eigenvalue weighted by Gasteiger charge is 2.09. The van der Waals surface area contributed by atoms with Crippen LogP contribution in [-0.2, 0) is 0 Å². The molecule has 0 spiro atoms. The molecule has 0 saturated carbocycles. The third-order valence-electron chi connectivity index (χ3n) is 1.66. The van der Waals surface area contributed by atoms with Gasteiger partial charge in [0.25, 0.3) is 0 Å². The summed E-state index contributed by atoms with van der Waals surface area (Å²) in [4.78, 5) is 0. The highest BCUT2D eigenvalue weighted by Crippen LogP contribution is 2.06. The van der Waals surface area contributed by atoms with Gasteiger partial charge in [-0.15, -0.1) is 0 Å². The predicted molar refractivity (Wildman–Crippen MR) is 39.5 cm³/mol. The Morgan fingerprint density at radius 3 is 2.44 bits per heavy atom. The maximum atomic E-state index is 7.00. The number of hydrogen-bond donors (Lipinski definition) is 2. The lowest BCUT2D eigenvalue weighted by Crippen LogP contribution is -2.19. The molecule has 0 amide bonds. The number of rotatable bonds is 1. The molecule has 9 heavy (non-hydrogen) atoms. The molecule has 2 nitrogen and oxygen atoms in total. The van der Waals surface area contributed by atoms with Gasteiger partial charge in [0.05, 0.1) is 0 Å². The van der Waals surface area contributed by atoms with Crippen LogP contribution in [0, 0.1) is 0 Å². The minimum Gasteiger partial charge on any atom is -0.400 e. The van der Waals surface area contributed by atoms with Crippen molar-refractivity contribution in [3.05, 3.63) is 0 Å². The van der Waals surface area contributed by atoms with Crippen LogP contribution in [0.2, 0.25) is 0 Å². The Morgan fingerprint density at radius 2 is 2.22 bits per heavy atom. The smallest absolute Gasteiger partial charge is 0.0319 e. The summed E-state index contributed by atoms with van der Waals surface area (Å²) in [7, 11) is 1.00. The standard InChI is InChI=1S/C6H13N.CH4O/c1-2-6-4-3-5-7-6;1-2/h6-7H,2-5H2,1H3;2H,1H3. The number of hydrogen-bond acceptors (Lipinski definition) is 2. The van der Waals surface area contributed by atoms with E-state index in [9.17, 15) is 0 Å². The monoisotopic (exact) mass is 131 g/mol. The molecule has 1 saturated heterocycles. The fourth-order valence-electron chi connectivity index (χ4n) is 1.11. The first kappa shape index (κ1) is 8.92. The molecule has 1 rings (SSSR count). The lowest BCUT2D eigenvalue weighted by molar-refractivity contribution is 0.399. The lowest BCUT2D eigenvalue weighted by atomic mass is 10.2. The van der Waals surface area contributed by atoms with Crippen LogP contribution in [-0.4, -0.2) is 24.8 Å². The van der Waals surface area contributed by atoms with E-state index in [2.05, 4.69) is 12.2 Å². The molecule has 2 N–H and O–H groups in total. The molecule has 1 aliphatic rings. The van der Waals surface area contributed by atoms with Gasteiger partial charge in [0, 0.05) is 13.2 Å². The van der Waals surface area contributed by atoms with Crippen molar-refractivity contribution in [3.8, 4) is 0 Å². The van der Waals surface area contributed by atoms with Crippen LogP contribution in [0.25, 0.3) is 0 Å². The minimum atomic E-state index is 0.847. The van der Waals surface area contributed by atoms with Gasteiger partial charge < -0.3 is 10.4 Å². The Labute approximate surface area is 57.3 Å². The fraction of sp³-hybridized carbons (Fsp3) is 1.00. The highest BCUT2D eigenvalue weighted by atomic mass is 16.2. The van der Waals surface area contributed by atoms with Crippen molar-refractivity contribution in [2.24, 2.45) is 0 Å². The fourth-order valence-corrected chi connectivity index (χ4v) is 1.11. The second kappa shape index (κ2) is 6.05. The van der Waals surface area contributed by atoms with E-state index in [0.29, 0.717) is 0 Å². The molecule has 1 fully saturated rings. The van der Waals surface area contributed by atoms with Crippen LogP contribution >= 0.6 is 0 Å². The summed E-state index contributed by atoms with van der Waals surface area (Å²) in [5, 5.41) is 10.4. The maximum Gasteiger partial charge on any atom is 0.0319 e. The molecular formula is C7H17NO. The van der Waals surface area contributed by atoms with E-state index in [4.69, 9.17) is 5.11 Å². The van der Waals surface area contributed by atoms with Crippen LogP contribution in [0.15, 0.2) is 0 Å². The van der Waals surface area contributed by atoms with Crippen molar-refractivity contribution >= 4 is 0 Å². The minimum absolute atomic E-state index is 0.847. The van der Waals surface area contributed by atoms with Crippen molar-refractivity contribution in [3.63, 3.8) is 0 Å². The van der Waals surface area contributed by atoms with Crippen molar-refractivity contribution in [2.75, 3.05) is 13.7 Å². The zero-order valence-electron chi connectivity index (χ0n) is 6.35. The molecular weight excluding hydrogens is 114 g/mol. The third-order valence-corrected chi connectivity index (χ3v) is 1.66. The Morgan fingerprint density at radius 1 is 1.56 bits per heavy atom. The number of nitrogens with one attached hydrogen (secondary N) is 1. The summed E-state index contributed by atoms with van der Waals surface area (Å²) in [6, 6.07) is 0.847. The van der Waals surface area contributed by atoms with Crippen LogP contribution in [0.3, 0.4) is 0 Å². The largest absolute Gasteiger partial charge is 0.400 e. The van der Waals surface area contributed by atoms with Gasteiger partial charge in [-0.05, 0) is 25.8 Å². The van der Waals surface area contributed by atoms with Gasteiger partial charge in [-0.2, -0.15) is 0 Å². The van der Waals surface area contributed by atoms with Gasteiger partial charge in [0.15, 0.2) is 0 Å². The normalized spacial score (nSPS) is 25.0. The average Bonchev–Trinajstić information content (AvgIpc) is 2.43. The Bertz CT molecular complexity index is 50.9. The molecule has 2 heteroatoms. The Kier molecular flexibility index (Phi) is 5.99. The zero-order valence-corrected chi connectivity index (χ0v) is 6.35. The predicted octanol–water partition coefficient (Wildman–Crippen LogP) is 0.757. The molecule has 0 aromatic carbocycles. The topological polar surface area (TPSA) is 32.3 Å². The molecule has 1 heterocycles. The van der Waals surface area contributed by atoms with Gasteiger partial charge in [-0.25, -0.2) is 0 Å². The first-order chi connectivity index (χ1) is 4.43. The van der Waals surface area contributed by atoms with Gasteiger partial charge in [0.1, 0.15) is 0 Å². The van der Waals surface area contributed by atoms with Crippen LogP contribution in [0.1, 0.15) is 26.2 Å². The summed E-state index contributed by atoms with van der Waals surface area (Å²) >= 11 is 0. The number of aliphatic hydroxyl groups excluding tert-OH is 1. The lowest BCUT2D eigenvalue weighted by Gasteiger charge is -2.02. The van der Waals surface area contributed by atoms with Crippen LogP contribution < -0.4 is 5.32 Å².